The topological polar surface area (TPSA) is 140 Å². The van der Waals surface area contributed by atoms with Crippen molar-refractivity contribution in [3.63, 3.8) is 0 Å². The first kappa shape index (κ1) is 16.5. The van der Waals surface area contributed by atoms with E-state index in [1.807, 2.05) is 0 Å². The molecule has 3 aromatic heterocycles. The summed E-state index contributed by atoms with van der Waals surface area (Å²) in [5.74, 6) is -2.80. The van der Waals surface area contributed by atoms with E-state index in [4.69, 9.17) is 4.74 Å². The maximum absolute atomic E-state index is 12.8. The fourth-order valence-electron chi connectivity index (χ4n) is 3.21. The molecule has 0 aliphatic heterocycles. The molecule has 0 saturated heterocycles. The number of carboxylic acid groups (broad SMARTS) is 1. The van der Waals surface area contributed by atoms with E-state index in [-0.39, 0.29) is 44.3 Å². The average Bonchev–Trinajstić information content (AvgIpc) is 3.29. The number of carbonyl (C=O) groups is 3. The molecular weight excluding hydrogens is 358 g/mol. The molecule has 0 bridgehead atoms. The van der Waals surface area contributed by atoms with Crippen LogP contribution >= 0.6 is 0 Å². The zero-order chi connectivity index (χ0) is 19.5. The molecule has 1 aromatic carbocycles. The van der Waals surface area contributed by atoms with Crippen LogP contribution in [-0.4, -0.2) is 51.6 Å². The van der Waals surface area contributed by atoms with Gasteiger partial charge in [0.05, 0.1) is 36.2 Å². The third kappa shape index (κ3) is 2.09. The van der Waals surface area contributed by atoms with Crippen LogP contribution in [0.25, 0.3) is 27.3 Å². The Balaban J connectivity index is 2.30. The second-order valence-corrected chi connectivity index (χ2v) is 5.72. The van der Waals surface area contributed by atoms with Gasteiger partial charge in [0.2, 0.25) is 5.43 Å². The first-order valence-electron chi connectivity index (χ1n) is 7.61. The predicted octanol–water partition coefficient (Wildman–Crippen LogP) is 1.04. The molecule has 0 saturated carbocycles. The molecule has 0 amide bonds. The van der Waals surface area contributed by atoms with Crippen molar-refractivity contribution in [3.05, 3.63) is 45.6 Å². The minimum atomic E-state index is -1.31. The number of carboxylic acids is 1. The lowest BCUT2D eigenvalue weighted by atomic mass is 10.0. The Bertz CT molecular complexity index is 1330. The summed E-state index contributed by atoms with van der Waals surface area (Å²) >= 11 is 0. The Hall–Kier alpha value is -3.95. The lowest BCUT2D eigenvalue weighted by molar-refractivity contribution is 0.0589. The number of imidazole rings is 1. The van der Waals surface area contributed by atoms with E-state index in [0.29, 0.717) is 0 Å². The number of pyridine rings is 1. The van der Waals surface area contributed by atoms with Crippen molar-refractivity contribution < 1.29 is 29.0 Å². The summed E-state index contributed by atoms with van der Waals surface area (Å²) in [7, 11) is 2.34. The van der Waals surface area contributed by atoms with Crippen LogP contribution < -0.4 is 5.43 Å². The van der Waals surface area contributed by atoms with Crippen LogP contribution in [0.4, 0.5) is 0 Å². The molecule has 0 spiro atoms. The van der Waals surface area contributed by atoms with Gasteiger partial charge < -0.3 is 19.6 Å². The van der Waals surface area contributed by atoms with E-state index in [2.05, 4.69) is 14.7 Å². The fraction of sp³-hybridized carbons (Fsp3) is 0.118. The smallest absolute Gasteiger partial charge is 0.354 e. The molecule has 0 aliphatic carbocycles. The number of nitrogens with one attached hydrogen (secondary N) is 1. The first-order valence-corrected chi connectivity index (χ1v) is 7.61. The zero-order valence-electron chi connectivity index (χ0n) is 14.0. The number of aromatic nitrogens is 3. The van der Waals surface area contributed by atoms with Crippen LogP contribution in [0.1, 0.15) is 31.3 Å². The summed E-state index contributed by atoms with van der Waals surface area (Å²) in [6.45, 7) is 0. The summed E-state index contributed by atoms with van der Waals surface area (Å²) in [6.07, 6.45) is 1.20. The molecule has 0 unspecified atom stereocenters. The Labute approximate surface area is 149 Å². The molecule has 4 aromatic rings. The molecular formula is C17H11N3O7. The summed E-state index contributed by atoms with van der Waals surface area (Å²) in [5, 5.41) is 9.82. The number of fused-ring (bicyclic) bond motifs is 2. The van der Waals surface area contributed by atoms with E-state index in [0.717, 1.165) is 13.2 Å². The third-order valence-corrected chi connectivity index (χ3v) is 4.37. The van der Waals surface area contributed by atoms with Crippen LogP contribution in [0.5, 0.6) is 0 Å². The van der Waals surface area contributed by atoms with Gasteiger partial charge in [0, 0.05) is 5.39 Å². The highest BCUT2D eigenvalue weighted by molar-refractivity contribution is 6.20. The van der Waals surface area contributed by atoms with E-state index in [1.54, 1.807) is 0 Å². The highest BCUT2D eigenvalue weighted by Gasteiger charge is 2.26. The Morgan fingerprint density at radius 1 is 1.15 bits per heavy atom. The van der Waals surface area contributed by atoms with Gasteiger partial charge in [-0.25, -0.2) is 19.4 Å². The minimum absolute atomic E-state index is 0.0114. The number of benzene rings is 1. The van der Waals surface area contributed by atoms with Crippen molar-refractivity contribution in [2.24, 2.45) is 0 Å². The monoisotopic (exact) mass is 369 g/mol. The van der Waals surface area contributed by atoms with Crippen LogP contribution in [0, 0.1) is 0 Å². The minimum Gasteiger partial charge on any atom is -0.477 e. The fourth-order valence-corrected chi connectivity index (χ4v) is 3.21. The lowest BCUT2D eigenvalue weighted by Gasteiger charge is -2.10. The Morgan fingerprint density at radius 2 is 1.85 bits per heavy atom. The van der Waals surface area contributed by atoms with Crippen LogP contribution in [0.2, 0.25) is 0 Å². The van der Waals surface area contributed by atoms with Crippen molar-refractivity contribution in [1.82, 2.24) is 14.4 Å². The molecule has 0 fully saturated rings. The van der Waals surface area contributed by atoms with Gasteiger partial charge in [0.1, 0.15) is 23.2 Å². The molecule has 136 valence electrons. The summed E-state index contributed by atoms with van der Waals surface area (Å²) in [4.78, 5) is 55.4. The average molecular weight is 369 g/mol. The third-order valence-electron chi connectivity index (χ3n) is 4.37. The van der Waals surface area contributed by atoms with Gasteiger partial charge in [-0.3, -0.25) is 9.20 Å². The van der Waals surface area contributed by atoms with E-state index in [9.17, 15) is 24.3 Å². The second kappa shape index (κ2) is 5.53. The summed E-state index contributed by atoms with van der Waals surface area (Å²) in [5.41, 5.74) is -0.523. The first-order chi connectivity index (χ1) is 12.9. The van der Waals surface area contributed by atoms with Crippen molar-refractivity contribution in [2.45, 2.75) is 0 Å². The maximum atomic E-state index is 12.8. The van der Waals surface area contributed by atoms with Crippen molar-refractivity contribution >= 4 is 45.2 Å². The normalized spacial score (nSPS) is 11.3. The number of nitrogens with zero attached hydrogens (tertiary/aromatic N) is 2. The number of methoxy groups -OCH3 is 2. The van der Waals surface area contributed by atoms with Crippen LogP contribution in [0.3, 0.4) is 0 Å². The van der Waals surface area contributed by atoms with Crippen LogP contribution in [0.15, 0.2) is 23.3 Å². The lowest BCUT2D eigenvalue weighted by Crippen LogP contribution is -2.12. The second-order valence-electron chi connectivity index (χ2n) is 5.72. The SMILES string of the molecule is COC(=O)c1cc2c(=O)c3ncn4c(C(=O)O)cc(C(=O)OC)c(c2[nH]1)c34. The van der Waals surface area contributed by atoms with E-state index < -0.39 is 23.3 Å². The van der Waals surface area contributed by atoms with Crippen LogP contribution in [-0.2, 0) is 9.47 Å². The van der Waals surface area contributed by atoms with Crippen molar-refractivity contribution in [1.29, 1.82) is 0 Å². The highest BCUT2D eigenvalue weighted by atomic mass is 16.5. The molecule has 27 heavy (non-hydrogen) atoms. The maximum Gasteiger partial charge on any atom is 0.354 e. The molecule has 0 atom stereocenters. The Kier molecular flexibility index (Phi) is 3.38. The Morgan fingerprint density at radius 3 is 2.48 bits per heavy atom. The predicted molar refractivity (Wildman–Crippen MR) is 91.6 cm³/mol. The zero-order valence-corrected chi connectivity index (χ0v) is 14.0. The number of aromatic carboxylic acids is 1. The number of carbonyl (C=O) groups excluding carboxylic acids is 2. The van der Waals surface area contributed by atoms with E-state index in [1.165, 1.54) is 23.9 Å². The molecule has 10 nitrogen and oxygen atoms in total. The standard InChI is InChI=1S/C17H11N3O7/c1-26-16(24)6-4-9(15(22)23)20-5-18-12-13(20)10(6)11-7(14(12)21)3-8(19-11)17(25)27-2/h3-5,19H,1-2H3,(H,22,23). The summed E-state index contributed by atoms with van der Waals surface area (Å²) in [6, 6.07) is 2.45. The number of ether oxygens (including phenoxy) is 2. The van der Waals surface area contributed by atoms with Crippen molar-refractivity contribution in [3.8, 4) is 0 Å². The van der Waals surface area contributed by atoms with Gasteiger partial charge in [0.15, 0.2) is 0 Å². The quantitative estimate of drug-likeness (QED) is 0.510. The van der Waals surface area contributed by atoms with Gasteiger partial charge in [-0.2, -0.15) is 0 Å². The number of aromatic amines is 1. The van der Waals surface area contributed by atoms with Gasteiger partial charge in [-0.1, -0.05) is 0 Å². The molecule has 0 aliphatic rings. The van der Waals surface area contributed by atoms with Crippen molar-refractivity contribution in [2.75, 3.05) is 14.2 Å². The van der Waals surface area contributed by atoms with E-state index >= 15 is 0 Å². The number of hydrogen-bond acceptors (Lipinski definition) is 7. The molecule has 2 N–H and O–H groups in total. The van der Waals surface area contributed by atoms with Gasteiger partial charge in [0.25, 0.3) is 0 Å². The summed E-state index contributed by atoms with van der Waals surface area (Å²) < 4.78 is 10.6. The van der Waals surface area contributed by atoms with Gasteiger partial charge in [-0.05, 0) is 12.1 Å². The largest absolute Gasteiger partial charge is 0.477 e. The number of hydrogen-bond donors (Lipinski definition) is 2. The van der Waals surface area contributed by atoms with Gasteiger partial charge >= 0.3 is 17.9 Å². The highest BCUT2D eigenvalue weighted by Crippen LogP contribution is 2.31. The number of rotatable bonds is 3. The molecule has 10 heteroatoms. The molecule has 3 heterocycles. The molecule has 4 rings (SSSR count). The molecule has 0 radical (unpaired) electrons. The number of esters is 2. The number of H-pyrrole nitrogens is 1. The van der Waals surface area contributed by atoms with Gasteiger partial charge in [-0.15, -0.1) is 0 Å².